The number of carbonyl (C=O) groups is 1. The number of ether oxygens (including phenoxy) is 1. The number of rotatable bonds is 9. The molecule has 0 saturated heterocycles. The predicted octanol–water partition coefficient (Wildman–Crippen LogP) is 2.83. The van der Waals surface area contributed by atoms with Gasteiger partial charge in [-0.15, -0.1) is 0 Å². The number of methoxy groups -OCH3 is 1. The predicted molar refractivity (Wildman–Crippen MR) is 97.9 cm³/mol. The van der Waals surface area contributed by atoms with E-state index in [1.807, 2.05) is 26.8 Å². The second kappa shape index (κ2) is 9.20. The molecule has 0 bridgehead atoms. The molecule has 0 atom stereocenters. The van der Waals surface area contributed by atoms with E-state index in [1.165, 1.54) is 6.92 Å². The summed E-state index contributed by atoms with van der Waals surface area (Å²) in [5.41, 5.74) is 0.699. The van der Waals surface area contributed by atoms with E-state index >= 15 is 0 Å². The fraction of sp³-hybridized carbons (Fsp3) is 0.611. The van der Waals surface area contributed by atoms with Crippen LogP contribution in [0.4, 0.5) is 0 Å². The molecule has 0 saturated carbocycles. The van der Waals surface area contributed by atoms with Gasteiger partial charge in [0.2, 0.25) is 5.91 Å². The number of hydrogen-bond donors (Lipinski definition) is 0. The zero-order valence-electron chi connectivity index (χ0n) is 15.7. The summed E-state index contributed by atoms with van der Waals surface area (Å²) in [4.78, 5) is 14.3. The van der Waals surface area contributed by atoms with Crippen molar-refractivity contribution in [1.29, 1.82) is 0 Å². The summed E-state index contributed by atoms with van der Waals surface area (Å²) in [6, 6.07) is 6.80. The number of carbonyl (C=O) groups excluding carboxylic acids is 1. The maximum atomic E-state index is 12.6. The van der Waals surface area contributed by atoms with Crippen molar-refractivity contribution in [2.45, 2.75) is 40.7 Å². The second-order valence-corrected chi connectivity index (χ2v) is 8.98. The lowest BCUT2D eigenvalue weighted by atomic mass is 9.91. The highest BCUT2D eigenvalue weighted by molar-refractivity contribution is 7.87. The Hall–Kier alpha value is -1.60. The van der Waals surface area contributed by atoms with E-state index in [2.05, 4.69) is 0 Å². The SMILES string of the molecule is CCS(=O)(=O)Oc1cccc(CN(CCOC)C(=O)CC(C)(C)C)c1. The van der Waals surface area contributed by atoms with Gasteiger partial charge in [0.05, 0.1) is 12.4 Å². The zero-order valence-corrected chi connectivity index (χ0v) is 16.6. The van der Waals surface area contributed by atoms with Crippen LogP contribution >= 0.6 is 0 Å². The van der Waals surface area contributed by atoms with Gasteiger partial charge in [-0.05, 0) is 30.0 Å². The minimum absolute atomic E-state index is 0.0389. The fourth-order valence-electron chi connectivity index (χ4n) is 2.18. The van der Waals surface area contributed by atoms with E-state index in [0.717, 1.165) is 5.56 Å². The molecule has 0 aliphatic heterocycles. The highest BCUT2D eigenvalue weighted by Gasteiger charge is 2.21. The Bertz CT molecular complexity index is 664. The van der Waals surface area contributed by atoms with E-state index < -0.39 is 10.1 Å². The topological polar surface area (TPSA) is 72.9 Å². The van der Waals surface area contributed by atoms with Gasteiger partial charge >= 0.3 is 10.1 Å². The molecule has 0 radical (unpaired) electrons. The summed E-state index contributed by atoms with van der Waals surface area (Å²) in [7, 11) is -1.98. The monoisotopic (exact) mass is 371 g/mol. The van der Waals surface area contributed by atoms with Gasteiger partial charge in [0.15, 0.2) is 0 Å². The molecule has 0 fully saturated rings. The number of amides is 1. The summed E-state index contributed by atoms with van der Waals surface area (Å²) in [5, 5.41) is 0. The first kappa shape index (κ1) is 21.4. The smallest absolute Gasteiger partial charge is 0.308 e. The van der Waals surface area contributed by atoms with Crippen LogP contribution in [-0.4, -0.2) is 45.2 Å². The van der Waals surface area contributed by atoms with Crippen molar-refractivity contribution in [2.75, 3.05) is 26.0 Å². The van der Waals surface area contributed by atoms with E-state index in [4.69, 9.17) is 8.92 Å². The van der Waals surface area contributed by atoms with Gasteiger partial charge < -0.3 is 13.8 Å². The molecule has 25 heavy (non-hydrogen) atoms. The van der Waals surface area contributed by atoms with Crippen molar-refractivity contribution < 1.29 is 22.1 Å². The molecule has 142 valence electrons. The Morgan fingerprint density at radius 3 is 2.48 bits per heavy atom. The quantitative estimate of drug-likeness (QED) is 0.624. The Morgan fingerprint density at radius 2 is 1.92 bits per heavy atom. The summed E-state index contributed by atoms with van der Waals surface area (Å²) in [5.74, 6) is 0.202. The Labute approximate surface area is 151 Å². The molecular weight excluding hydrogens is 342 g/mol. The van der Waals surface area contributed by atoms with Crippen LogP contribution in [-0.2, 0) is 26.2 Å². The second-order valence-electron chi connectivity index (χ2n) is 7.12. The van der Waals surface area contributed by atoms with Crippen molar-refractivity contribution in [3.8, 4) is 5.75 Å². The van der Waals surface area contributed by atoms with Crippen molar-refractivity contribution in [3.63, 3.8) is 0 Å². The van der Waals surface area contributed by atoms with Crippen molar-refractivity contribution >= 4 is 16.0 Å². The van der Waals surface area contributed by atoms with E-state index in [0.29, 0.717) is 26.1 Å². The van der Waals surface area contributed by atoms with Gasteiger partial charge in [0, 0.05) is 26.6 Å². The first-order valence-electron chi connectivity index (χ1n) is 8.34. The molecule has 0 heterocycles. The number of benzene rings is 1. The van der Waals surface area contributed by atoms with Gasteiger partial charge in [0.1, 0.15) is 5.75 Å². The van der Waals surface area contributed by atoms with Crippen LogP contribution < -0.4 is 4.18 Å². The van der Waals surface area contributed by atoms with E-state index in [9.17, 15) is 13.2 Å². The summed E-state index contributed by atoms with van der Waals surface area (Å²) in [6.45, 7) is 8.87. The van der Waals surface area contributed by atoms with E-state index in [1.54, 1.807) is 30.2 Å². The van der Waals surface area contributed by atoms with Gasteiger partial charge in [-0.2, -0.15) is 8.42 Å². The molecule has 1 rings (SSSR count). The van der Waals surface area contributed by atoms with Crippen LogP contribution in [0, 0.1) is 5.41 Å². The summed E-state index contributed by atoms with van der Waals surface area (Å²) < 4.78 is 33.3. The minimum Gasteiger partial charge on any atom is -0.383 e. The molecule has 1 aromatic carbocycles. The summed E-state index contributed by atoms with van der Waals surface area (Å²) in [6.07, 6.45) is 0.428. The van der Waals surface area contributed by atoms with Crippen LogP contribution in [0.3, 0.4) is 0 Å². The summed E-state index contributed by atoms with van der Waals surface area (Å²) >= 11 is 0. The Kier molecular flexibility index (Phi) is 7.89. The van der Waals surface area contributed by atoms with Gasteiger partial charge in [-0.25, -0.2) is 0 Å². The lowest BCUT2D eigenvalue weighted by Crippen LogP contribution is -2.35. The third kappa shape index (κ3) is 8.36. The Morgan fingerprint density at radius 1 is 1.24 bits per heavy atom. The maximum absolute atomic E-state index is 12.6. The standard InChI is InChI=1S/C18H29NO5S/c1-6-25(21,22)24-16-9-7-8-15(12-16)14-19(10-11-23-5)17(20)13-18(2,3)4/h7-9,12H,6,10-11,13-14H2,1-5H3. The zero-order chi connectivity index (χ0) is 19.1. The van der Waals surface area contributed by atoms with Gasteiger partial charge in [-0.1, -0.05) is 32.9 Å². The fourth-order valence-corrected chi connectivity index (χ4v) is 2.70. The highest BCUT2D eigenvalue weighted by atomic mass is 32.2. The third-order valence-corrected chi connectivity index (χ3v) is 4.60. The van der Waals surface area contributed by atoms with Crippen molar-refractivity contribution in [1.82, 2.24) is 4.90 Å². The van der Waals surface area contributed by atoms with Crippen LogP contribution in [0.1, 0.15) is 39.7 Å². The lowest BCUT2D eigenvalue weighted by Gasteiger charge is -2.26. The van der Waals surface area contributed by atoms with Crippen molar-refractivity contribution in [3.05, 3.63) is 29.8 Å². The normalized spacial score (nSPS) is 12.0. The molecule has 0 N–H and O–H groups in total. The maximum Gasteiger partial charge on any atom is 0.308 e. The molecule has 7 heteroatoms. The number of hydrogen-bond acceptors (Lipinski definition) is 5. The first-order chi connectivity index (χ1) is 11.6. The van der Waals surface area contributed by atoms with Gasteiger partial charge in [-0.3, -0.25) is 4.79 Å². The molecular formula is C18H29NO5S. The molecule has 0 spiro atoms. The van der Waals surface area contributed by atoms with E-state index in [-0.39, 0.29) is 22.8 Å². The van der Waals surface area contributed by atoms with Crippen LogP contribution in [0.2, 0.25) is 0 Å². The molecule has 0 aliphatic rings. The first-order valence-corrected chi connectivity index (χ1v) is 9.92. The minimum atomic E-state index is -3.57. The van der Waals surface area contributed by atoms with Crippen LogP contribution in [0.25, 0.3) is 0 Å². The average Bonchev–Trinajstić information content (AvgIpc) is 2.49. The molecule has 1 amide bonds. The van der Waals surface area contributed by atoms with Gasteiger partial charge in [0.25, 0.3) is 0 Å². The molecule has 0 aromatic heterocycles. The molecule has 0 aliphatic carbocycles. The lowest BCUT2D eigenvalue weighted by molar-refractivity contribution is -0.134. The molecule has 6 nitrogen and oxygen atoms in total. The molecule has 0 unspecified atom stereocenters. The average molecular weight is 371 g/mol. The largest absolute Gasteiger partial charge is 0.383 e. The molecule has 1 aromatic rings. The van der Waals surface area contributed by atoms with Crippen molar-refractivity contribution in [2.24, 2.45) is 5.41 Å². The highest BCUT2D eigenvalue weighted by Crippen LogP contribution is 2.22. The Balaban J connectivity index is 2.91. The number of nitrogens with zero attached hydrogens (tertiary/aromatic N) is 1. The van der Waals surface area contributed by atoms with Crippen LogP contribution in [0.5, 0.6) is 5.75 Å². The third-order valence-electron chi connectivity index (χ3n) is 3.45. The van der Waals surface area contributed by atoms with Crippen LogP contribution in [0.15, 0.2) is 24.3 Å².